The quantitative estimate of drug-likeness (QED) is 0.895. The van der Waals surface area contributed by atoms with Crippen LogP contribution < -0.4 is 10.1 Å². The molecular weight excluding hydrogens is 278 g/mol. The highest BCUT2D eigenvalue weighted by atomic mass is 32.2. The lowest BCUT2D eigenvalue weighted by Gasteiger charge is -2.18. The second-order valence-corrected chi connectivity index (χ2v) is 8.24. The van der Waals surface area contributed by atoms with Gasteiger partial charge in [-0.25, -0.2) is 8.42 Å². The summed E-state index contributed by atoms with van der Waals surface area (Å²) in [6, 6.07) is 7.24. The Hall–Kier alpha value is -1.56. The zero-order valence-corrected chi connectivity index (χ0v) is 13.1. The fourth-order valence-corrected chi connectivity index (χ4v) is 2.30. The summed E-state index contributed by atoms with van der Waals surface area (Å²) in [6.45, 7) is 5.02. The predicted molar refractivity (Wildman–Crippen MR) is 78.4 cm³/mol. The van der Waals surface area contributed by atoms with E-state index < -0.39 is 26.2 Å². The zero-order chi connectivity index (χ0) is 15.4. The Balaban J connectivity index is 2.60. The summed E-state index contributed by atoms with van der Waals surface area (Å²) in [5.41, 5.74) is 0.853. The lowest BCUT2D eigenvalue weighted by Crippen LogP contribution is -2.38. The molecule has 0 aliphatic rings. The molecule has 1 N–H and O–H groups in total. The van der Waals surface area contributed by atoms with Crippen LogP contribution in [-0.2, 0) is 21.2 Å². The third-order valence-corrected chi connectivity index (χ3v) is 5.39. The molecule has 5 nitrogen and oxygen atoms in total. The maximum atomic E-state index is 11.9. The van der Waals surface area contributed by atoms with E-state index in [9.17, 15) is 13.2 Å². The number of amides is 1. The van der Waals surface area contributed by atoms with Crippen LogP contribution >= 0.6 is 0 Å². The number of benzene rings is 1. The van der Waals surface area contributed by atoms with E-state index in [-0.39, 0.29) is 6.54 Å². The number of hydrogen-bond donors (Lipinski definition) is 1. The number of ether oxygens (including phenoxy) is 1. The summed E-state index contributed by atoms with van der Waals surface area (Å²) in [4.78, 5) is 11.7. The molecule has 6 heteroatoms. The van der Waals surface area contributed by atoms with Gasteiger partial charge in [-0.2, -0.15) is 0 Å². The summed E-state index contributed by atoms with van der Waals surface area (Å²) < 4.78 is 27.9. The number of nitrogens with one attached hydrogen (secondary N) is 1. The van der Waals surface area contributed by atoms with Crippen molar-refractivity contribution in [1.82, 2.24) is 5.32 Å². The molecule has 1 aromatic carbocycles. The second kappa shape index (κ2) is 6.26. The van der Waals surface area contributed by atoms with Gasteiger partial charge in [-0.3, -0.25) is 4.79 Å². The lowest BCUT2D eigenvalue weighted by atomic mass is 10.2. The monoisotopic (exact) mass is 299 g/mol. The molecule has 0 radical (unpaired) electrons. The lowest BCUT2D eigenvalue weighted by molar-refractivity contribution is -0.118. The van der Waals surface area contributed by atoms with Gasteiger partial charge in [0.05, 0.1) is 11.9 Å². The molecule has 0 saturated heterocycles. The maximum Gasteiger partial charge on any atom is 0.235 e. The van der Waals surface area contributed by atoms with Gasteiger partial charge in [0, 0.05) is 6.54 Å². The van der Waals surface area contributed by atoms with E-state index in [1.165, 1.54) is 0 Å². The number of sulfone groups is 1. The molecule has 1 rings (SSSR count). The molecular formula is C14H21NO4S. The van der Waals surface area contributed by atoms with Gasteiger partial charge in [0.1, 0.15) is 11.5 Å². The molecule has 1 aromatic rings. The van der Waals surface area contributed by atoms with Gasteiger partial charge >= 0.3 is 0 Å². The number of hydrogen-bond acceptors (Lipinski definition) is 4. The number of carbonyl (C=O) groups excluding carboxylic acids is 1. The van der Waals surface area contributed by atoms with Gasteiger partial charge in [-0.15, -0.1) is 0 Å². The van der Waals surface area contributed by atoms with Crippen LogP contribution in [0, 0.1) is 0 Å². The van der Waals surface area contributed by atoms with E-state index in [1.807, 2.05) is 12.1 Å². The van der Waals surface area contributed by atoms with E-state index in [4.69, 9.17) is 4.74 Å². The molecule has 0 atom stereocenters. The summed E-state index contributed by atoms with van der Waals surface area (Å²) >= 11 is 0. The van der Waals surface area contributed by atoms with Crippen molar-refractivity contribution in [3.8, 4) is 5.75 Å². The molecule has 1 amide bonds. The van der Waals surface area contributed by atoms with Gasteiger partial charge < -0.3 is 10.1 Å². The van der Waals surface area contributed by atoms with E-state index >= 15 is 0 Å². The standard InChI is InChI=1S/C14H21NO4S/c1-14(2,3)20(17,18)10-13(16)15-9-11-6-5-7-12(8-11)19-4/h5-8H,9-10H2,1-4H3,(H,15,16). The van der Waals surface area contributed by atoms with E-state index in [0.29, 0.717) is 5.75 Å². The van der Waals surface area contributed by atoms with Gasteiger partial charge in [-0.1, -0.05) is 12.1 Å². The zero-order valence-electron chi connectivity index (χ0n) is 12.3. The summed E-state index contributed by atoms with van der Waals surface area (Å²) in [5.74, 6) is -0.303. The molecule has 0 saturated carbocycles. The Morgan fingerprint density at radius 1 is 1.30 bits per heavy atom. The largest absolute Gasteiger partial charge is 0.497 e. The van der Waals surface area contributed by atoms with Crippen molar-refractivity contribution in [3.63, 3.8) is 0 Å². The van der Waals surface area contributed by atoms with Crippen molar-refractivity contribution >= 4 is 15.7 Å². The first kappa shape index (κ1) is 16.5. The van der Waals surface area contributed by atoms with Gasteiger partial charge in [-0.05, 0) is 38.5 Å². The fraction of sp³-hybridized carbons (Fsp3) is 0.500. The van der Waals surface area contributed by atoms with Crippen LogP contribution in [0.15, 0.2) is 24.3 Å². The Kier molecular flexibility index (Phi) is 5.16. The van der Waals surface area contributed by atoms with Gasteiger partial charge in [0.25, 0.3) is 0 Å². The molecule has 20 heavy (non-hydrogen) atoms. The highest BCUT2D eigenvalue weighted by Gasteiger charge is 2.31. The van der Waals surface area contributed by atoms with Crippen LogP contribution in [-0.4, -0.2) is 31.9 Å². The smallest absolute Gasteiger partial charge is 0.235 e. The van der Waals surface area contributed by atoms with Crippen molar-refractivity contribution in [2.75, 3.05) is 12.9 Å². The second-order valence-electron chi connectivity index (χ2n) is 5.50. The molecule has 0 bridgehead atoms. The topological polar surface area (TPSA) is 72.5 Å². The van der Waals surface area contributed by atoms with Crippen molar-refractivity contribution in [2.45, 2.75) is 32.1 Å². The minimum atomic E-state index is -3.45. The molecule has 0 spiro atoms. The average Bonchev–Trinajstić information content (AvgIpc) is 2.35. The van der Waals surface area contributed by atoms with Gasteiger partial charge in [0.15, 0.2) is 9.84 Å². The van der Waals surface area contributed by atoms with E-state index in [0.717, 1.165) is 5.56 Å². The third kappa shape index (κ3) is 4.52. The minimum absolute atomic E-state index is 0.274. The molecule has 0 aromatic heterocycles. The maximum absolute atomic E-state index is 11.9. The van der Waals surface area contributed by atoms with Crippen molar-refractivity contribution in [1.29, 1.82) is 0 Å². The van der Waals surface area contributed by atoms with Crippen LogP contribution in [0.1, 0.15) is 26.3 Å². The Bertz CT molecular complexity index is 573. The summed E-state index contributed by atoms with van der Waals surface area (Å²) in [5, 5.41) is 2.60. The van der Waals surface area contributed by atoms with Crippen molar-refractivity contribution in [3.05, 3.63) is 29.8 Å². The average molecular weight is 299 g/mol. The fourth-order valence-electron chi connectivity index (χ4n) is 1.42. The molecule has 112 valence electrons. The van der Waals surface area contributed by atoms with E-state index in [1.54, 1.807) is 40.0 Å². The van der Waals surface area contributed by atoms with Gasteiger partial charge in [0.2, 0.25) is 5.91 Å². The third-order valence-electron chi connectivity index (χ3n) is 2.88. The molecule has 0 heterocycles. The van der Waals surface area contributed by atoms with Crippen LogP contribution in [0.2, 0.25) is 0 Å². The molecule has 0 aliphatic heterocycles. The highest BCUT2D eigenvalue weighted by molar-refractivity contribution is 7.93. The Morgan fingerprint density at radius 3 is 2.50 bits per heavy atom. The number of methoxy groups -OCH3 is 1. The SMILES string of the molecule is COc1cccc(CNC(=O)CS(=O)(=O)C(C)(C)C)c1. The van der Waals surface area contributed by atoms with E-state index in [2.05, 4.69) is 5.32 Å². The molecule has 0 fully saturated rings. The predicted octanol–water partition coefficient (Wildman–Crippen LogP) is 1.52. The summed E-state index contributed by atoms with van der Waals surface area (Å²) in [6.07, 6.45) is 0. The van der Waals surface area contributed by atoms with Crippen LogP contribution in [0.3, 0.4) is 0 Å². The first-order valence-corrected chi connectivity index (χ1v) is 7.93. The first-order chi connectivity index (χ1) is 9.15. The van der Waals surface area contributed by atoms with Crippen LogP contribution in [0.4, 0.5) is 0 Å². The molecule has 0 aliphatic carbocycles. The number of carbonyl (C=O) groups is 1. The summed E-state index contributed by atoms with van der Waals surface area (Å²) in [7, 11) is -1.89. The number of rotatable bonds is 5. The molecule has 0 unspecified atom stereocenters. The Labute approximate surface area is 120 Å². The van der Waals surface area contributed by atoms with Crippen LogP contribution in [0.25, 0.3) is 0 Å². The highest BCUT2D eigenvalue weighted by Crippen LogP contribution is 2.16. The van der Waals surface area contributed by atoms with Crippen LogP contribution in [0.5, 0.6) is 5.75 Å². The Morgan fingerprint density at radius 2 is 1.95 bits per heavy atom. The van der Waals surface area contributed by atoms with Crippen molar-refractivity contribution < 1.29 is 17.9 Å². The first-order valence-electron chi connectivity index (χ1n) is 6.27. The minimum Gasteiger partial charge on any atom is -0.497 e. The normalized spacial score (nSPS) is 12.0. The van der Waals surface area contributed by atoms with Crippen molar-refractivity contribution in [2.24, 2.45) is 0 Å².